The summed E-state index contributed by atoms with van der Waals surface area (Å²) in [6.45, 7) is 3.71. The fraction of sp³-hybridized carbons (Fsp3) is 0.294. The number of benzene rings is 1. The average Bonchev–Trinajstić information content (AvgIpc) is 2.77. The Bertz CT molecular complexity index is 752. The molecule has 1 aromatic carbocycles. The van der Waals surface area contributed by atoms with Gasteiger partial charge in [-0.2, -0.15) is 0 Å². The lowest BCUT2D eigenvalue weighted by molar-refractivity contribution is -0.122. The molecule has 5 nitrogen and oxygen atoms in total. The van der Waals surface area contributed by atoms with Crippen molar-refractivity contribution in [3.8, 4) is 23.8 Å². The highest BCUT2D eigenvalue weighted by Gasteiger charge is 2.34. The number of nitrogens with zero attached hydrogens (tertiary/aromatic N) is 1. The van der Waals surface area contributed by atoms with Crippen molar-refractivity contribution in [1.82, 2.24) is 4.90 Å². The van der Waals surface area contributed by atoms with E-state index in [1.165, 1.54) is 7.11 Å². The maximum atomic E-state index is 12.2. The number of hydrogen-bond acceptors (Lipinski definition) is 5. The zero-order valence-electron chi connectivity index (χ0n) is 13.5. The molecule has 1 aliphatic heterocycles. The first-order valence-corrected chi connectivity index (χ1v) is 8.29. The van der Waals surface area contributed by atoms with Crippen molar-refractivity contribution < 1.29 is 19.1 Å². The second-order valence-corrected chi connectivity index (χ2v) is 6.57. The first kappa shape index (κ1) is 18.2. The van der Waals surface area contributed by atoms with E-state index in [-0.39, 0.29) is 22.8 Å². The van der Waals surface area contributed by atoms with E-state index >= 15 is 0 Å². The molecular weight excluding hydrogens is 350 g/mol. The molecule has 0 spiro atoms. The minimum atomic E-state index is -0.416. The van der Waals surface area contributed by atoms with Gasteiger partial charge >= 0.3 is 0 Å². The van der Waals surface area contributed by atoms with E-state index in [2.05, 4.69) is 5.92 Å². The topological polar surface area (TPSA) is 55.8 Å². The van der Waals surface area contributed by atoms with E-state index < -0.39 is 5.91 Å². The van der Waals surface area contributed by atoms with Gasteiger partial charge in [0.05, 0.1) is 29.7 Å². The van der Waals surface area contributed by atoms with Gasteiger partial charge in [-0.1, -0.05) is 17.5 Å². The van der Waals surface area contributed by atoms with Crippen molar-refractivity contribution in [2.24, 2.45) is 0 Å². The Balaban J connectivity index is 2.37. The first-order valence-electron chi connectivity index (χ1n) is 7.10. The van der Waals surface area contributed by atoms with Crippen molar-refractivity contribution >= 4 is 40.6 Å². The van der Waals surface area contributed by atoms with Crippen molar-refractivity contribution in [1.29, 1.82) is 0 Å². The van der Waals surface area contributed by atoms with E-state index in [0.717, 1.165) is 16.7 Å². The summed E-state index contributed by atoms with van der Waals surface area (Å²) in [5.41, 5.74) is 0.624. The fourth-order valence-electron chi connectivity index (χ4n) is 2.05. The smallest absolute Gasteiger partial charge is 0.294 e. The Kier molecular flexibility index (Phi) is 5.81. The van der Waals surface area contributed by atoms with Gasteiger partial charge < -0.3 is 9.47 Å². The number of carbonyl (C=O) groups is 2. The van der Waals surface area contributed by atoms with Crippen LogP contribution in [0.3, 0.4) is 0 Å². The summed E-state index contributed by atoms with van der Waals surface area (Å²) in [6, 6.07) is 3.34. The lowest BCUT2D eigenvalue weighted by Crippen LogP contribution is -2.28. The highest BCUT2D eigenvalue weighted by molar-refractivity contribution is 8.18. The summed E-state index contributed by atoms with van der Waals surface area (Å²) in [5, 5.41) is -0.0285. The second-order valence-electron chi connectivity index (χ2n) is 5.17. The van der Waals surface area contributed by atoms with Gasteiger partial charge in [0.1, 0.15) is 0 Å². The third-order valence-electron chi connectivity index (χ3n) is 3.03. The number of carbonyl (C=O) groups excluding carboxylic acids is 2. The van der Waals surface area contributed by atoms with Crippen LogP contribution in [0.5, 0.6) is 11.5 Å². The van der Waals surface area contributed by atoms with Crippen molar-refractivity contribution in [3.05, 3.63) is 27.6 Å². The molecule has 1 fully saturated rings. The molecule has 0 atom stereocenters. The number of rotatable bonds is 5. The van der Waals surface area contributed by atoms with Crippen LogP contribution in [0.25, 0.3) is 6.08 Å². The molecule has 0 unspecified atom stereocenters. The quantitative estimate of drug-likeness (QED) is 0.586. The number of thioether (sulfide) groups is 1. The maximum Gasteiger partial charge on any atom is 0.294 e. The van der Waals surface area contributed by atoms with Crippen LogP contribution in [-0.2, 0) is 4.79 Å². The number of ether oxygens (including phenoxy) is 2. The van der Waals surface area contributed by atoms with E-state index in [1.54, 1.807) is 18.2 Å². The molecule has 126 valence electrons. The van der Waals surface area contributed by atoms with Gasteiger partial charge in [0.15, 0.2) is 11.5 Å². The summed E-state index contributed by atoms with van der Waals surface area (Å²) < 4.78 is 11.0. The van der Waals surface area contributed by atoms with E-state index in [9.17, 15) is 9.59 Å². The van der Waals surface area contributed by atoms with Crippen molar-refractivity contribution in [3.63, 3.8) is 0 Å². The van der Waals surface area contributed by atoms with Crippen LogP contribution in [0.4, 0.5) is 4.79 Å². The summed E-state index contributed by atoms with van der Waals surface area (Å²) in [5.74, 6) is 2.76. The molecule has 1 heterocycles. The normalized spacial score (nSPS) is 16.0. The highest BCUT2D eigenvalue weighted by Crippen LogP contribution is 2.39. The lowest BCUT2D eigenvalue weighted by Gasteiger charge is -2.15. The van der Waals surface area contributed by atoms with Crippen LogP contribution in [0.2, 0.25) is 5.02 Å². The molecule has 0 aromatic heterocycles. The van der Waals surface area contributed by atoms with Gasteiger partial charge in [0.2, 0.25) is 0 Å². The SMILES string of the molecule is C#CCN1C(=O)S/C(=C/c2cc(Cl)c(OC(C)C)c(OC)c2)C1=O. The van der Waals surface area contributed by atoms with Gasteiger partial charge in [-0.3, -0.25) is 14.5 Å². The van der Waals surface area contributed by atoms with E-state index in [0.29, 0.717) is 22.1 Å². The standard InChI is InChI=1S/C17H16ClNO4S/c1-5-6-19-16(20)14(24-17(19)21)9-11-7-12(18)15(23-10(2)3)13(8-11)22-4/h1,7-10H,6H2,2-4H3/b14-9+. The molecule has 0 radical (unpaired) electrons. The molecule has 2 amide bonds. The fourth-order valence-corrected chi connectivity index (χ4v) is 3.15. The molecule has 0 N–H and O–H groups in total. The number of terminal acetylenes is 1. The zero-order valence-corrected chi connectivity index (χ0v) is 15.0. The monoisotopic (exact) mass is 365 g/mol. The summed E-state index contributed by atoms with van der Waals surface area (Å²) in [7, 11) is 1.50. The average molecular weight is 366 g/mol. The minimum Gasteiger partial charge on any atom is -0.493 e. The van der Waals surface area contributed by atoms with Gasteiger partial charge in [-0.15, -0.1) is 6.42 Å². The van der Waals surface area contributed by atoms with E-state index in [1.807, 2.05) is 13.8 Å². The van der Waals surface area contributed by atoms with Gasteiger partial charge in [-0.05, 0) is 49.4 Å². The maximum absolute atomic E-state index is 12.2. The molecule has 0 saturated carbocycles. The van der Waals surface area contributed by atoms with Crippen LogP contribution in [0.1, 0.15) is 19.4 Å². The molecule has 7 heteroatoms. The number of imide groups is 1. The van der Waals surface area contributed by atoms with Crippen molar-refractivity contribution in [2.45, 2.75) is 20.0 Å². The molecule has 24 heavy (non-hydrogen) atoms. The molecule has 1 saturated heterocycles. The predicted molar refractivity (Wildman–Crippen MR) is 95.3 cm³/mol. The summed E-state index contributed by atoms with van der Waals surface area (Å²) in [4.78, 5) is 25.3. The number of amides is 2. The van der Waals surface area contributed by atoms with Gasteiger partial charge in [0, 0.05) is 0 Å². The minimum absolute atomic E-state index is 0.0484. The Morgan fingerprint density at radius 1 is 1.42 bits per heavy atom. The molecule has 1 aliphatic rings. The predicted octanol–water partition coefficient (Wildman–Crippen LogP) is 3.81. The van der Waals surface area contributed by atoms with Crippen LogP contribution in [0.15, 0.2) is 17.0 Å². The highest BCUT2D eigenvalue weighted by atomic mass is 35.5. The summed E-state index contributed by atoms with van der Waals surface area (Å²) in [6.07, 6.45) is 6.68. The molecular formula is C17H16ClNO4S. The molecule has 0 bridgehead atoms. The number of halogens is 1. The van der Waals surface area contributed by atoms with Crippen LogP contribution in [0, 0.1) is 12.3 Å². The van der Waals surface area contributed by atoms with Crippen molar-refractivity contribution in [2.75, 3.05) is 13.7 Å². The van der Waals surface area contributed by atoms with E-state index in [4.69, 9.17) is 27.5 Å². The molecule has 2 rings (SSSR count). The second kappa shape index (κ2) is 7.65. The number of hydrogen-bond donors (Lipinski definition) is 0. The third-order valence-corrected chi connectivity index (χ3v) is 4.21. The summed E-state index contributed by atoms with van der Waals surface area (Å²) >= 11 is 7.10. The van der Waals surface area contributed by atoms with Gasteiger partial charge in [-0.25, -0.2) is 0 Å². The lowest BCUT2D eigenvalue weighted by atomic mass is 10.1. The third kappa shape index (κ3) is 3.86. The molecule has 1 aromatic rings. The Hall–Kier alpha value is -2.10. The van der Waals surface area contributed by atoms with Crippen LogP contribution >= 0.6 is 23.4 Å². The first-order chi connectivity index (χ1) is 11.4. The van der Waals surface area contributed by atoms with Gasteiger partial charge in [0.25, 0.3) is 11.1 Å². The largest absolute Gasteiger partial charge is 0.493 e. The zero-order chi connectivity index (χ0) is 17.9. The Morgan fingerprint density at radius 2 is 2.12 bits per heavy atom. The molecule has 0 aliphatic carbocycles. The van der Waals surface area contributed by atoms with Crippen LogP contribution < -0.4 is 9.47 Å². The van der Waals surface area contributed by atoms with Crippen LogP contribution in [-0.4, -0.2) is 35.8 Å². The Labute approximate surface area is 149 Å². The Morgan fingerprint density at radius 3 is 2.71 bits per heavy atom. The number of methoxy groups -OCH3 is 1.